The van der Waals surface area contributed by atoms with Crippen LogP contribution in [0, 0.1) is 11.3 Å². The first-order chi connectivity index (χ1) is 13.0. The largest absolute Gasteiger partial charge is 0.384 e. The number of nitrogens with one attached hydrogen (secondary N) is 2. The van der Waals surface area contributed by atoms with Gasteiger partial charge in [0.2, 0.25) is 0 Å². The maximum absolute atomic E-state index is 12.0. The van der Waals surface area contributed by atoms with Gasteiger partial charge < -0.3 is 15.8 Å². The van der Waals surface area contributed by atoms with Gasteiger partial charge in [0, 0.05) is 17.7 Å². The van der Waals surface area contributed by atoms with Gasteiger partial charge in [0.25, 0.3) is 0 Å². The van der Waals surface area contributed by atoms with Gasteiger partial charge in [-0.05, 0) is 79.7 Å². The van der Waals surface area contributed by atoms with Gasteiger partial charge in [-0.2, -0.15) is 0 Å². The number of ether oxygens (including phenoxy) is 1. The summed E-state index contributed by atoms with van der Waals surface area (Å²) < 4.78 is 5.95. The van der Waals surface area contributed by atoms with Gasteiger partial charge in [-0.25, -0.2) is 0 Å². The first-order valence-electron chi connectivity index (χ1n) is 9.41. The zero-order chi connectivity index (χ0) is 19.2. The summed E-state index contributed by atoms with van der Waals surface area (Å²) in [5, 5.41) is 11.0. The van der Waals surface area contributed by atoms with Crippen LogP contribution in [0.1, 0.15) is 41.3 Å². The van der Waals surface area contributed by atoms with Crippen LogP contribution in [-0.2, 0) is 11.3 Å². The molecule has 1 heterocycles. The highest BCUT2D eigenvalue weighted by Crippen LogP contribution is 2.25. The molecule has 0 saturated carbocycles. The zero-order valence-electron chi connectivity index (χ0n) is 15.8. The second kappa shape index (κ2) is 8.93. The van der Waals surface area contributed by atoms with Crippen LogP contribution in [-0.4, -0.2) is 31.3 Å². The Balaban J connectivity index is 1.79. The van der Waals surface area contributed by atoms with E-state index in [4.69, 9.17) is 15.9 Å². The quantitative estimate of drug-likeness (QED) is 0.399. The minimum Gasteiger partial charge on any atom is -0.384 e. The molecule has 3 rings (SSSR count). The van der Waals surface area contributed by atoms with E-state index in [0.29, 0.717) is 23.7 Å². The molecular formula is C22H27N3O2. The Labute approximate surface area is 160 Å². The van der Waals surface area contributed by atoms with Crippen LogP contribution in [0.2, 0.25) is 0 Å². The van der Waals surface area contributed by atoms with Crippen molar-refractivity contribution < 1.29 is 9.53 Å². The van der Waals surface area contributed by atoms with E-state index in [1.165, 1.54) is 0 Å². The van der Waals surface area contributed by atoms with Gasteiger partial charge in [0.1, 0.15) is 5.84 Å². The molecule has 0 spiro atoms. The molecule has 0 aromatic heterocycles. The summed E-state index contributed by atoms with van der Waals surface area (Å²) in [6.07, 6.45) is 2.30. The number of nitrogen functional groups attached to an aromatic ring is 1. The summed E-state index contributed by atoms with van der Waals surface area (Å²) in [7, 11) is 0. The van der Waals surface area contributed by atoms with Gasteiger partial charge in [-0.1, -0.05) is 18.2 Å². The molecule has 5 heteroatoms. The van der Waals surface area contributed by atoms with Crippen LogP contribution in [0.25, 0.3) is 11.1 Å². The Morgan fingerprint density at radius 1 is 1.15 bits per heavy atom. The summed E-state index contributed by atoms with van der Waals surface area (Å²) in [5.74, 6) is 0.665. The van der Waals surface area contributed by atoms with E-state index < -0.39 is 0 Å². The van der Waals surface area contributed by atoms with E-state index in [1.807, 2.05) is 42.5 Å². The molecule has 0 unspecified atom stereocenters. The molecule has 0 aliphatic carbocycles. The number of Topliss-reactive ketones (excluding diaryl/α,β-unsaturated/α-hetero) is 1. The topological polar surface area (TPSA) is 88.2 Å². The Morgan fingerprint density at radius 3 is 2.59 bits per heavy atom. The van der Waals surface area contributed by atoms with Crippen molar-refractivity contribution >= 4 is 11.6 Å². The summed E-state index contributed by atoms with van der Waals surface area (Å²) in [6, 6.07) is 13.4. The maximum Gasteiger partial charge on any atom is 0.159 e. The highest BCUT2D eigenvalue weighted by molar-refractivity contribution is 5.97. The van der Waals surface area contributed by atoms with Crippen molar-refractivity contribution in [3.8, 4) is 11.1 Å². The summed E-state index contributed by atoms with van der Waals surface area (Å²) >= 11 is 0. The predicted molar refractivity (Wildman–Crippen MR) is 108 cm³/mol. The minimum absolute atomic E-state index is 0.0270. The van der Waals surface area contributed by atoms with E-state index in [1.54, 1.807) is 6.92 Å². The van der Waals surface area contributed by atoms with Crippen LogP contribution in [0.5, 0.6) is 0 Å². The molecule has 0 atom stereocenters. The molecule has 1 aliphatic heterocycles. The predicted octanol–water partition coefficient (Wildman–Crippen LogP) is 3.36. The molecule has 1 fully saturated rings. The van der Waals surface area contributed by atoms with Gasteiger partial charge in [0.15, 0.2) is 5.78 Å². The molecule has 0 amide bonds. The number of carbonyl (C=O) groups is 1. The minimum atomic E-state index is 0.0270. The maximum atomic E-state index is 12.0. The summed E-state index contributed by atoms with van der Waals surface area (Å²) in [5.41, 5.74) is 9.81. The van der Waals surface area contributed by atoms with Crippen molar-refractivity contribution in [3.63, 3.8) is 0 Å². The number of ketones is 1. The molecule has 1 aliphatic rings. The first-order valence-corrected chi connectivity index (χ1v) is 9.41. The third-order valence-corrected chi connectivity index (χ3v) is 4.99. The highest BCUT2D eigenvalue weighted by atomic mass is 16.5. The SMILES string of the molecule is CC(=O)c1cc(COCC2CCNCC2)cc(-c2cccc(C(=N)N)c2)c1. The Hall–Kier alpha value is -2.50. The van der Waals surface area contributed by atoms with Crippen molar-refractivity contribution in [2.75, 3.05) is 19.7 Å². The second-order valence-corrected chi connectivity index (χ2v) is 7.18. The number of hydrogen-bond donors (Lipinski definition) is 3. The van der Waals surface area contributed by atoms with Crippen LogP contribution in [0.4, 0.5) is 0 Å². The molecule has 0 radical (unpaired) electrons. The van der Waals surface area contributed by atoms with Gasteiger partial charge in [-0.3, -0.25) is 10.2 Å². The monoisotopic (exact) mass is 365 g/mol. The van der Waals surface area contributed by atoms with Gasteiger partial charge in [-0.15, -0.1) is 0 Å². The normalized spacial score (nSPS) is 14.9. The molecule has 0 bridgehead atoms. The molecule has 2 aromatic carbocycles. The lowest BCUT2D eigenvalue weighted by molar-refractivity contribution is 0.0763. The van der Waals surface area contributed by atoms with Crippen LogP contribution < -0.4 is 11.1 Å². The smallest absolute Gasteiger partial charge is 0.159 e. The van der Waals surface area contributed by atoms with E-state index in [0.717, 1.165) is 49.2 Å². The highest BCUT2D eigenvalue weighted by Gasteiger charge is 2.13. The van der Waals surface area contributed by atoms with Crippen molar-refractivity contribution in [2.24, 2.45) is 11.7 Å². The van der Waals surface area contributed by atoms with Crippen molar-refractivity contribution in [1.29, 1.82) is 5.41 Å². The Morgan fingerprint density at radius 2 is 1.89 bits per heavy atom. The van der Waals surface area contributed by atoms with Crippen molar-refractivity contribution in [2.45, 2.75) is 26.4 Å². The number of amidine groups is 1. The van der Waals surface area contributed by atoms with Crippen LogP contribution in [0.15, 0.2) is 42.5 Å². The number of piperidine rings is 1. The molecule has 5 nitrogen and oxygen atoms in total. The van der Waals surface area contributed by atoms with Gasteiger partial charge >= 0.3 is 0 Å². The van der Waals surface area contributed by atoms with Gasteiger partial charge in [0.05, 0.1) is 6.61 Å². The lowest BCUT2D eigenvalue weighted by Gasteiger charge is -2.22. The molecule has 1 saturated heterocycles. The average molecular weight is 365 g/mol. The van der Waals surface area contributed by atoms with E-state index in [2.05, 4.69) is 5.32 Å². The van der Waals surface area contributed by atoms with Crippen molar-refractivity contribution in [3.05, 3.63) is 59.2 Å². The van der Waals surface area contributed by atoms with Crippen LogP contribution >= 0.6 is 0 Å². The number of rotatable bonds is 7. The summed E-state index contributed by atoms with van der Waals surface area (Å²) in [4.78, 5) is 12.0. The fourth-order valence-corrected chi connectivity index (χ4v) is 3.40. The molecule has 27 heavy (non-hydrogen) atoms. The fourth-order valence-electron chi connectivity index (χ4n) is 3.40. The number of nitrogens with two attached hydrogens (primary N) is 1. The molecule has 2 aromatic rings. The molecule has 142 valence electrons. The second-order valence-electron chi connectivity index (χ2n) is 7.18. The molecular weight excluding hydrogens is 338 g/mol. The fraction of sp³-hybridized carbons (Fsp3) is 0.364. The lowest BCUT2D eigenvalue weighted by atomic mass is 9.97. The van der Waals surface area contributed by atoms with Crippen LogP contribution in [0.3, 0.4) is 0 Å². The van der Waals surface area contributed by atoms with E-state index in [-0.39, 0.29) is 11.6 Å². The van der Waals surface area contributed by atoms with Crippen molar-refractivity contribution in [1.82, 2.24) is 5.32 Å². The first kappa shape index (κ1) is 19.3. The number of hydrogen-bond acceptors (Lipinski definition) is 4. The standard InChI is InChI=1S/C22H27N3O2/c1-15(26)20-9-17(14-27-13-16-5-7-25-8-6-16)10-21(12-20)18-3-2-4-19(11-18)22(23)24/h2-4,9-12,16,25H,5-8,13-14H2,1H3,(H3,23,24). The third-order valence-electron chi connectivity index (χ3n) is 4.99. The number of carbonyl (C=O) groups excluding carboxylic acids is 1. The zero-order valence-corrected chi connectivity index (χ0v) is 15.8. The lowest BCUT2D eigenvalue weighted by Crippen LogP contribution is -2.29. The third kappa shape index (κ3) is 5.25. The number of benzene rings is 2. The Bertz CT molecular complexity index is 826. The Kier molecular flexibility index (Phi) is 6.37. The average Bonchev–Trinajstić information content (AvgIpc) is 2.68. The van der Waals surface area contributed by atoms with E-state index >= 15 is 0 Å². The van der Waals surface area contributed by atoms with E-state index in [9.17, 15) is 4.79 Å². The molecule has 4 N–H and O–H groups in total. The summed E-state index contributed by atoms with van der Waals surface area (Å²) in [6.45, 7) is 4.94.